The fourth-order valence-corrected chi connectivity index (χ4v) is 4.09. The van der Waals surface area contributed by atoms with Gasteiger partial charge in [-0.3, -0.25) is 0 Å². The van der Waals surface area contributed by atoms with E-state index < -0.39 is 15.8 Å². The monoisotopic (exact) mass is 313 g/mol. The highest BCUT2D eigenvalue weighted by Gasteiger charge is 2.27. The summed E-state index contributed by atoms with van der Waals surface area (Å²) in [6, 6.07) is 1.52. The Morgan fingerprint density at radius 2 is 2.33 bits per heavy atom. The minimum absolute atomic E-state index is 0.0698. The molecule has 0 amide bonds. The average Bonchev–Trinajstić information content (AvgIpc) is 2.77. The first-order chi connectivity index (χ1) is 9.91. The molecule has 1 aliphatic heterocycles. The molecule has 1 saturated heterocycles. The zero-order valence-electron chi connectivity index (χ0n) is 11.8. The molecule has 1 atom stereocenters. The van der Waals surface area contributed by atoms with E-state index in [0.29, 0.717) is 18.8 Å². The summed E-state index contributed by atoms with van der Waals surface area (Å²) in [7, 11) is -2.89. The Hall–Kier alpha value is -1.83. The van der Waals surface area contributed by atoms with Crippen LogP contribution in [0.2, 0.25) is 0 Å². The molecule has 2 heterocycles. The summed E-state index contributed by atoms with van der Waals surface area (Å²) < 4.78 is 27.7. The van der Waals surface area contributed by atoms with E-state index in [9.17, 15) is 13.2 Å². The van der Waals surface area contributed by atoms with Gasteiger partial charge in [0.1, 0.15) is 5.82 Å². The summed E-state index contributed by atoms with van der Waals surface area (Å²) in [5.74, 6) is 0.489. The maximum Gasteiger partial charge on any atom is 0.340 e. The van der Waals surface area contributed by atoms with Gasteiger partial charge in [-0.1, -0.05) is 0 Å². The summed E-state index contributed by atoms with van der Waals surface area (Å²) >= 11 is 0. The van der Waals surface area contributed by atoms with Crippen molar-refractivity contribution in [2.24, 2.45) is 5.92 Å². The van der Waals surface area contributed by atoms with E-state index in [0.717, 1.165) is 0 Å². The van der Waals surface area contributed by atoms with Gasteiger partial charge in [0.15, 0.2) is 9.84 Å². The Morgan fingerprint density at radius 3 is 2.95 bits per heavy atom. The third kappa shape index (κ3) is 4.07. The SMILES string of the molecule is CCOC(=O)c1cc(NCC2CCS(=O)(=O)C2)ncc1N. The van der Waals surface area contributed by atoms with E-state index in [1.165, 1.54) is 12.3 Å². The molecular weight excluding hydrogens is 294 g/mol. The van der Waals surface area contributed by atoms with Crippen molar-refractivity contribution in [2.45, 2.75) is 13.3 Å². The van der Waals surface area contributed by atoms with Crippen LogP contribution < -0.4 is 11.1 Å². The summed E-state index contributed by atoms with van der Waals surface area (Å²) in [6.07, 6.45) is 2.04. The van der Waals surface area contributed by atoms with Crippen LogP contribution in [0.15, 0.2) is 12.3 Å². The quantitative estimate of drug-likeness (QED) is 0.769. The predicted molar refractivity (Wildman–Crippen MR) is 79.9 cm³/mol. The number of nitrogens with two attached hydrogens (primary N) is 1. The molecule has 8 heteroatoms. The van der Waals surface area contributed by atoms with Crippen molar-refractivity contribution in [3.8, 4) is 0 Å². The topological polar surface area (TPSA) is 111 Å². The lowest BCUT2D eigenvalue weighted by molar-refractivity contribution is 0.0527. The zero-order chi connectivity index (χ0) is 15.5. The van der Waals surface area contributed by atoms with Crippen molar-refractivity contribution in [2.75, 3.05) is 35.7 Å². The minimum atomic E-state index is -2.89. The van der Waals surface area contributed by atoms with Crippen molar-refractivity contribution in [3.05, 3.63) is 17.8 Å². The van der Waals surface area contributed by atoms with Crippen LogP contribution in [0.1, 0.15) is 23.7 Å². The van der Waals surface area contributed by atoms with E-state index in [1.54, 1.807) is 6.92 Å². The molecule has 1 fully saturated rings. The zero-order valence-corrected chi connectivity index (χ0v) is 12.6. The average molecular weight is 313 g/mol. The summed E-state index contributed by atoms with van der Waals surface area (Å²) in [4.78, 5) is 15.8. The second-order valence-corrected chi connectivity index (χ2v) is 7.26. The molecular formula is C13H19N3O4S. The maximum absolute atomic E-state index is 11.7. The normalized spacial score (nSPS) is 20.1. The highest BCUT2D eigenvalue weighted by Crippen LogP contribution is 2.20. The van der Waals surface area contributed by atoms with Crippen LogP contribution in [0.25, 0.3) is 0 Å². The number of carbonyl (C=O) groups is 1. The number of rotatable bonds is 5. The molecule has 21 heavy (non-hydrogen) atoms. The molecule has 7 nitrogen and oxygen atoms in total. The number of sulfone groups is 1. The molecule has 1 aliphatic rings. The Labute approximate surface area is 123 Å². The van der Waals surface area contributed by atoms with E-state index >= 15 is 0 Å². The van der Waals surface area contributed by atoms with Crippen molar-refractivity contribution in [1.29, 1.82) is 0 Å². The fraction of sp³-hybridized carbons (Fsp3) is 0.538. The number of hydrogen-bond acceptors (Lipinski definition) is 7. The molecule has 0 aliphatic carbocycles. The van der Waals surface area contributed by atoms with Gasteiger partial charge in [0.05, 0.1) is 35.6 Å². The van der Waals surface area contributed by atoms with Gasteiger partial charge in [0.2, 0.25) is 0 Å². The highest BCUT2D eigenvalue weighted by atomic mass is 32.2. The van der Waals surface area contributed by atoms with Crippen LogP contribution in [0, 0.1) is 5.92 Å². The molecule has 1 aromatic rings. The largest absolute Gasteiger partial charge is 0.462 e. The number of esters is 1. The lowest BCUT2D eigenvalue weighted by Crippen LogP contribution is -2.17. The fourth-order valence-electron chi connectivity index (χ4n) is 2.23. The predicted octanol–water partition coefficient (Wildman–Crippen LogP) is 0.687. The van der Waals surface area contributed by atoms with Gasteiger partial charge in [0, 0.05) is 6.54 Å². The van der Waals surface area contributed by atoms with Gasteiger partial charge in [0.25, 0.3) is 0 Å². The molecule has 0 spiro atoms. The standard InChI is InChI=1S/C13H19N3O4S/c1-2-20-13(17)10-5-12(16-7-11(10)14)15-6-9-3-4-21(18,19)8-9/h5,7,9H,2-4,6,8,14H2,1H3,(H,15,16). The number of nitrogen functional groups attached to an aromatic ring is 1. The van der Waals surface area contributed by atoms with Gasteiger partial charge in [-0.15, -0.1) is 0 Å². The Kier molecular flexibility index (Phi) is 4.66. The summed E-state index contributed by atoms with van der Waals surface area (Å²) in [6.45, 7) is 2.48. The van der Waals surface area contributed by atoms with Crippen molar-refractivity contribution in [1.82, 2.24) is 4.98 Å². The molecule has 1 unspecified atom stereocenters. The number of aromatic nitrogens is 1. The highest BCUT2D eigenvalue weighted by molar-refractivity contribution is 7.91. The van der Waals surface area contributed by atoms with Crippen molar-refractivity contribution >= 4 is 27.3 Å². The number of pyridine rings is 1. The van der Waals surface area contributed by atoms with E-state index in [2.05, 4.69) is 10.3 Å². The molecule has 0 aromatic carbocycles. The third-order valence-electron chi connectivity index (χ3n) is 3.33. The van der Waals surface area contributed by atoms with Gasteiger partial charge >= 0.3 is 5.97 Å². The molecule has 3 N–H and O–H groups in total. The van der Waals surface area contributed by atoms with E-state index in [-0.39, 0.29) is 35.3 Å². The Morgan fingerprint density at radius 1 is 1.57 bits per heavy atom. The van der Waals surface area contributed by atoms with Gasteiger partial charge < -0.3 is 15.8 Å². The molecule has 116 valence electrons. The molecule has 0 radical (unpaired) electrons. The molecule has 0 saturated carbocycles. The number of ether oxygens (including phenoxy) is 1. The summed E-state index contributed by atoms with van der Waals surface area (Å²) in [5, 5.41) is 3.05. The summed E-state index contributed by atoms with van der Waals surface area (Å²) in [5.41, 5.74) is 6.21. The van der Waals surface area contributed by atoms with Gasteiger partial charge in [-0.05, 0) is 25.3 Å². The third-order valence-corrected chi connectivity index (χ3v) is 5.17. The van der Waals surface area contributed by atoms with Crippen LogP contribution in [0.4, 0.5) is 11.5 Å². The van der Waals surface area contributed by atoms with E-state index in [1.807, 2.05) is 0 Å². The minimum Gasteiger partial charge on any atom is -0.462 e. The number of anilines is 2. The molecule has 2 rings (SSSR count). The maximum atomic E-state index is 11.7. The number of nitrogens with one attached hydrogen (secondary N) is 1. The smallest absolute Gasteiger partial charge is 0.340 e. The lowest BCUT2D eigenvalue weighted by Gasteiger charge is -2.12. The van der Waals surface area contributed by atoms with Gasteiger partial charge in [-0.25, -0.2) is 18.2 Å². The number of hydrogen-bond donors (Lipinski definition) is 2. The van der Waals surface area contributed by atoms with Crippen LogP contribution in [-0.4, -0.2) is 44.0 Å². The van der Waals surface area contributed by atoms with E-state index in [4.69, 9.17) is 10.5 Å². The molecule has 0 bridgehead atoms. The second-order valence-electron chi connectivity index (χ2n) is 5.03. The Bertz CT molecular complexity index is 630. The van der Waals surface area contributed by atoms with Crippen LogP contribution in [0.5, 0.6) is 0 Å². The van der Waals surface area contributed by atoms with Crippen molar-refractivity contribution in [3.63, 3.8) is 0 Å². The first kappa shape index (κ1) is 15.6. The number of carbonyl (C=O) groups excluding carboxylic acids is 1. The van der Waals surface area contributed by atoms with Crippen LogP contribution in [-0.2, 0) is 14.6 Å². The first-order valence-corrected chi connectivity index (χ1v) is 8.60. The molecule has 1 aromatic heterocycles. The van der Waals surface area contributed by atoms with Crippen LogP contribution >= 0.6 is 0 Å². The van der Waals surface area contributed by atoms with Crippen LogP contribution in [0.3, 0.4) is 0 Å². The second kappa shape index (κ2) is 6.30. The lowest BCUT2D eigenvalue weighted by atomic mass is 10.1. The van der Waals surface area contributed by atoms with Crippen molar-refractivity contribution < 1.29 is 17.9 Å². The first-order valence-electron chi connectivity index (χ1n) is 6.78. The van der Waals surface area contributed by atoms with Gasteiger partial charge in [-0.2, -0.15) is 0 Å². The Balaban J connectivity index is 2.01. The number of nitrogens with zero attached hydrogens (tertiary/aromatic N) is 1.